The molecule has 2 aromatic heterocycles. The molecule has 0 aliphatic heterocycles. The maximum Gasteiger partial charge on any atom is 0.317 e. The molecular formula is C14H20N6O3. The second-order valence-electron chi connectivity index (χ2n) is 4.97. The summed E-state index contributed by atoms with van der Waals surface area (Å²) in [5.41, 5.74) is 0.803. The number of rotatable bonds is 7. The van der Waals surface area contributed by atoms with Gasteiger partial charge in [0.25, 0.3) is 0 Å². The van der Waals surface area contributed by atoms with E-state index in [1.54, 1.807) is 25.6 Å². The van der Waals surface area contributed by atoms with Crippen molar-refractivity contribution in [3.63, 3.8) is 0 Å². The van der Waals surface area contributed by atoms with Crippen LogP contribution in [0.15, 0.2) is 31.0 Å². The number of nitrogens with zero attached hydrogens (tertiary/aromatic N) is 5. The molecule has 9 heteroatoms. The molecular weight excluding hydrogens is 300 g/mol. The van der Waals surface area contributed by atoms with Crippen LogP contribution in [0.2, 0.25) is 0 Å². The van der Waals surface area contributed by atoms with E-state index in [1.165, 1.54) is 23.0 Å². The molecule has 0 radical (unpaired) electrons. The number of likely N-dealkylation sites (N-methyl/N-ethyl adjacent to an activating group) is 1. The van der Waals surface area contributed by atoms with Crippen LogP contribution in [-0.2, 0) is 11.3 Å². The Morgan fingerprint density at radius 3 is 3.09 bits per heavy atom. The summed E-state index contributed by atoms with van der Waals surface area (Å²) in [4.78, 5) is 21.6. The first-order valence-corrected chi connectivity index (χ1v) is 7.06. The molecule has 2 aromatic rings. The summed E-state index contributed by atoms with van der Waals surface area (Å²) in [5, 5.41) is 16.5. The molecule has 9 nitrogen and oxygen atoms in total. The van der Waals surface area contributed by atoms with Gasteiger partial charge in [-0.25, -0.2) is 19.4 Å². The van der Waals surface area contributed by atoms with Gasteiger partial charge in [0.1, 0.15) is 12.7 Å². The number of aromatic nitrogens is 4. The number of methoxy groups -OCH3 is 1. The number of hydrogen-bond acceptors (Lipinski definition) is 6. The Morgan fingerprint density at radius 2 is 2.39 bits per heavy atom. The van der Waals surface area contributed by atoms with Crippen LogP contribution in [0, 0.1) is 0 Å². The summed E-state index contributed by atoms with van der Waals surface area (Å²) in [5.74, 6) is 0.604. The second kappa shape index (κ2) is 8.20. The standard InChI is InChI=1S/C14H20N6O3/c1-19(7-12(21)8-23-2)14(22)17-6-11-4-3-5-16-13(11)20-10-15-9-18-20/h3-5,9-10,12,21H,6-8H2,1-2H3,(H,17,22)/t12-/m0/s1. The molecule has 0 unspecified atom stereocenters. The van der Waals surface area contributed by atoms with Crippen molar-refractivity contribution < 1.29 is 14.6 Å². The van der Waals surface area contributed by atoms with Gasteiger partial charge in [-0.3, -0.25) is 0 Å². The third-order valence-corrected chi connectivity index (χ3v) is 3.12. The average molecular weight is 320 g/mol. The predicted molar refractivity (Wildman–Crippen MR) is 81.9 cm³/mol. The summed E-state index contributed by atoms with van der Waals surface area (Å²) in [7, 11) is 3.10. The highest BCUT2D eigenvalue weighted by molar-refractivity contribution is 5.73. The van der Waals surface area contributed by atoms with Crippen LogP contribution in [0.5, 0.6) is 0 Å². The molecule has 0 saturated heterocycles. The first kappa shape index (κ1) is 16.8. The lowest BCUT2D eigenvalue weighted by molar-refractivity contribution is 0.0489. The predicted octanol–water partition coefficient (Wildman–Crippen LogP) is -0.189. The lowest BCUT2D eigenvalue weighted by atomic mass is 10.2. The Labute approximate surface area is 133 Å². The molecule has 2 rings (SSSR count). The number of hydrogen-bond donors (Lipinski definition) is 2. The third-order valence-electron chi connectivity index (χ3n) is 3.12. The van der Waals surface area contributed by atoms with Gasteiger partial charge in [-0.2, -0.15) is 5.10 Å². The van der Waals surface area contributed by atoms with Crippen LogP contribution >= 0.6 is 0 Å². The second-order valence-corrected chi connectivity index (χ2v) is 4.97. The van der Waals surface area contributed by atoms with E-state index in [2.05, 4.69) is 20.4 Å². The summed E-state index contributed by atoms with van der Waals surface area (Å²) < 4.78 is 6.37. The minimum Gasteiger partial charge on any atom is -0.389 e. The van der Waals surface area contributed by atoms with Gasteiger partial charge in [-0.05, 0) is 6.07 Å². The number of pyridine rings is 1. The van der Waals surface area contributed by atoms with Crippen LogP contribution in [0.4, 0.5) is 4.79 Å². The molecule has 0 saturated carbocycles. The Balaban J connectivity index is 1.95. The third kappa shape index (κ3) is 4.73. The van der Waals surface area contributed by atoms with E-state index in [-0.39, 0.29) is 25.7 Å². The van der Waals surface area contributed by atoms with Crippen LogP contribution in [0.1, 0.15) is 5.56 Å². The van der Waals surface area contributed by atoms with Crippen LogP contribution in [0.25, 0.3) is 5.82 Å². The van der Waals surface area contributed by atoms with E-state index >= 15 is 0 Å². The van der Waals surface area contributed by atoms with Crippen molar-refractivity contribution >= 4 is 6.03 Å². The zero-order chi connectivity index (χ0) is 16.7. The van der Waals surface area contributed by atoms with Crippen molar-refractivity contribution in [2.75, 3.05) is 27.3 Å². The zero-order valence-corrected chi connectivity index (χ0v) is 13.1. The average Bonchev–Trinajstić information content (AvgIpc) is 3.07. The van der Waals surface area contributed by atoms with E-state index in [0.29, 0.717) is 5.82 Å². The monoisotopic (exact) mass is 320 g/mol. The van der Waals surface area contributed by atoms with Gasteiger partial charge in [-0.15, -0.1) is 0 Å². The Morgan fingerprint density at radius 1 is 1.57 bits per heavy atom. The highest BCUT2D eigenvalue weighted by atomic mass is 16.5. The minimum atomic E-state index is -0.722. The van der Waals surface area contributed by atoms with Crippen molar-refractivity contribution in [1.82, 2.24) is 30.0 Å². The Bertz CT molecular complexity index is 619. The summed E-state index contributed by atoms with van der Waals surface area (Å²) >= 11 is 0. The van der Waals surface area contributed by atoms with E-state index in [9.17, 15) is 9.90 Å². The number of amides is 2. The van der Waals surface area contributed by atoms with Gasteiger partial charge in [-0.1, -0.05) is 6.07 Å². The van der Waals surface area contributed by atoms with Gasteiger partial charge in [0, 0.05) is 32.5 Å². The molecule has 1 atom stereocenters. The number of carbonyl (C=O) groups is 1. The van der Waals surface area contributed by atoms with Gasteiger partial charge in [0.15, 0.2) is 5.82 Å². The lowest BCUT2D eigenvalue weighted by Crippen LogP contribution is -2.42. The van der Waals surface area contributed by atoms with E-state index < -0.39 is 6.10 Å². The number of aliphatic hydroxyl groups excluding tert-OH is 1. The summed E-state index contributed by atoms with van der Waals surface area (Å²) in [6, 6.07) is 3.34. The van der Waals surface area contributed by atoms with Gasteiger partial charge >= 0.3 is 6.03 Å². The van der Waals surface area contributed by atoms with Crippen LogP contribution < -0.4 is 5.32 Å². The highest BCUT2D eigenvalue weighted by Gasteiger charge is 2.14. The molecule has 0 fully saturated rings. The molecule has 0 spiro atoms. The summed E-state index contributed by atoms with van der Waals surface area (Å²) in [6.45, 7) is 0.645. The van der Waals surface area contributed by atoms with Crippen LogP contribution in [0.3, 0.4) is 0 Å². The molecule has 2 heterocycles. The number of urea groups is 1. The highest BCUT2D eigenvalue weighted by Crippen LogP contribution is 2.09. The SMILES string of the molecule is COC[C@@H](O)CN(C)C(=O)NCc1cccnc1-n1cncn1. The molecule has 0 aromatic carbocycles. The van der Waals surface area contributed by atoms with Gasteiger partial charge in [0.2, 0.25) is 0 Å². The Kier molecular flexibility index (Phi) is 6.01. The normalized spacial score (nSPS) is 12.0. The molecule has 23 heavy (non-hydrogen) atoms. The molecule has 124 valence electrons. The first-order chi connectivity index (χ1) is 11.1. The van der Waals surface area contributed by atoms with Crippen molar-refractivity contribution in [3.05, 3.63) is 36.5 Å². The summed E-state index contributed by atoms with van der Waals surface area (Å²) in [6.07, 6.45) is 3.89. The fourth-order valence-corrected chi connectivity index (χ4v) is 2.04. The first-order valence-electron chi connectivity index (χ1n) is 7.06. The Hall–Kier alpha value is -2.52. The molecule has 2 N–H and O–H groups in total. The minimum absolute atomic E-state index is 0.177. The topological polar surface area (TPSA) is 105 Å². The molecule has 0 aliphatic carbocycles. The van der Waals surface area contributed by atoms with Gasteiger partial charge < -0.3 is 20.1 Å². The van der Waals surface area contributed by atoms with E-state index in [4.69, 9.17) is 4.74 Å². The molecule has 2 amide bonds. The van der Waals surface area contributed by atoms with Crippen molar-refractivity contribution in [1.29, 1.82) is 0 Å². The van der Waals surface area contributed by atoms with Gasteiger partial charge in [0.05, 0.1) is 19.3 Å². The zero-order valence-electron chi connectivity index (χ0n) is 13.1. The van der Waals surface area contributed by atoms with Crippen LogP contribution in [-0.4, -0.2) is 69.2 Å². The van der Waals surface area contributed by atoms with Crippen molar-refractivity contribution in [2.24, 2.45) is 0 Å². The fourth-order valence-electron chi connectivity index (χ4n) is 2.04. The largest absolute Gasteiger partial charge is 0.389 e. The smallest absolute Gasteiger partial charge is 0.317 e. The maximum atomic E-state index is 12.1. The van der Waals surface area contributed by atoms with Crippen molar-refractivity contribution in [2.45, 2.75) is 12.6 Å². The number of ether oxygens (including phenoxy) is 1. The van der Waals surface area contributed by atoms with Crippen molar-refractivity contribution in [3.8, 4) is 5.82 Å². The number of carbonyl (C=O) groups excluding carboxylic acids is 1. The number of nitrogens with one attached hydrogen (secondary N) is 1. The molecule has 0 bridgehead atoms. The molecule has 0 aliphatic rings. The van der Waals surface area contributed by atoms with E-state index in [0.717, 1.165) is 5.56 Å². The maximum absolute atomic E-state index is 12.1. The number of aliphatic hydroxyl groups is 1. The fraction of sp³-hybridized carbons (Fsp3) is 0.429. The van der Waals surface area contributed by atoms with E-state index in [1.807, 2.05) is 6.07 Å². The lowest BCUT2D eigenvalue weighted by Gasteiger charge is -2.21. The quantitative estimate of drug-likeness (QED) is 0.732.